The molecule has 2 heterocycles. The van der Waals surface area contributed by atoms with E-state index in [4.69, 9.17) is 11.6 Å². The van der Waals surface area contributed by atoms with Crippen LogP contribution in [0.15, 0.2) is 48.8 Å². The summed E-state index contributed by atoms with van der Waals surface area (Å²) < 4.78 is 13.4. The number of benzene rings is 1. The first-order valence-electron chi connectivity index (χ1n) is 7.68. The van der Waals surface area contributed by atoms with Gasteiger partial charge in [-0.15, -0.1) is 0 Å². The van der Waals surface area contributed by atoms with Crippen LogP contribution in [-0.2, 0) is 6.42 Å². The van der Waals surface area contributed by atoms with Gasteiger partial charge in [0.05, 0.1) is 23.2 Å². The van der Waals surface area contributed by atoms with Crippen LogP contribution in [0.2, 0.25) is 5.02 Å². The van der Waals surface area contributed by atoms with Gasteiger partial charge in [0.25, 0.3) is 0 Å². The number of nitrogens with one attached hydrogen (secondary N) is 1. The van der Waals surface area contributed by atoms with Crippen LogP contribution >= 0.6 is 11.6 Å². The molecular formula is C18H17ClFN3O. The minimum absolute atomic E-state index is 0.0120. The van der Waals surface area contributed by atoms with Gasteiger partial charge in [-0.05, 0) is 54.8 Å². The number of halogens is 2. The molecule has 6 heteroatoms. The molecule has 24 heavy (non-hydrogen) atoms. The summed E-state index contributed by atoms with van der Waals surface area (Å²) in [6.07, 6.45) is 5.07. The van der Waals surface area contributed by atoms with E-state index in [0.717, 1.165) is 18.4 Å². The molecule has 2 aromatic heterocycles. The van der Waals surface area contributed by atoms with Crippen molar-refractivity contribution in [3.8, 4) is 0 Å². The van der Waals surface area contributed by atoms with Crippen LogP contribution in [0.5, 0.6) is 0 Å². The van der Waals surface area contributed by atoms with Crippen LogP contribution in [0.1, 0.15) is 12.0 Å². The molecule has 0 aliphatic rings. The van der Waals surface area contributed by atoms with E-state index in [1.165, 1.54) is 12.1 Å². The maximum atomic E-state index is 13.4. The van der Waals surface area contributed by atoms with E-state index < -0.39 is 0 Å². The molecule has 0 fully saturated rings. The molecule has 1 atom stereocenters. The fourth-order valence-corrected chi connectivity index (χ4v) is 2.80. The van der Waals surface area contributed by atoms with Gasteiger partial charge >= 0.3 is 0 Å². The first kappa shape index (κ1) is 16.6. The van der Waals surface area contributed by atoms with Crippen LogP contribution < -0.4 is 5.32 Å². The van der Waals surface area contributed by atoms with Gasteiger partial charge in [-0.3, -0.25) is 4.98 Å². The monoisotopic (exact) mass is 345 g/mol. The zero-order valence-electron chi connectivity index (χ0n) is 12.9. The average Bonchev–Trinajstić information content (AvgIpc) is 2.60. The summed E-state index contributed by atoms with van der Waals surface area (Å²) >= 11 is 6.06. The number of hydrogen-bond donors (Lipinski definition) is 2. The van der Waals surface area contributed by atoms with Gasteiger partial charge in [0.15, 0.2) is 0 Å². The largest absolute Gasteiger partial charge is 0.394 e. The summed E-state index contributed by atoms with van der Waals surface area (Å²) in [6.45, 7) is -0.0120. The molecule has 0 spiro atoms. The number of fused-ring (bicyclic) bond motifs is 1. The Kier molecular flexibility index (Phi) is 5.23. The lowest BCUT2D eigenvalue weighted by atomic mass is 10.1. The van der Waals surface area contributed by atoms with E-state index >= 15 is 0 Å². The Morgan fingerprint density at radius 3 is 2.71 bits per heavy atom. The lowest BCUT2D eigenvalue weighted by Crippen LogP contribution is -2.25. The zero-order valence-corrected chi connectivity index (χ0v) is 13.7. The first-order valence-corrected chi connectivity index (χ1v) is 8.05. The van der Waals surface area contributed by atoms with Gasteiger partial charge in [-0.25, -0.2) is 9.37 Å². The molecule has 0 saturated heterocycles. The molecule has 4 nitrogen and oxygen atoms in total. The molecule has 1 aromatic carbocycles. The second-order valence-electron chi connectivity index (χ2n) is 5.57. The number of anilines is 1. The number of nitrogens with zero attached hydrogens (tertiary/aromatic N) is 2. The Balaban J connectivity index is 1.72. The van der Waals surface area contributed by atoms with Crippen molar-refractivity contribution in [2.24, 2.45) is 0 Å². The third-order valence-electron chi connectivity index (χ3n) is 3.81. The summed E-state index contributed by atoms with van der Waals surface area (Å²) in [7, 11) is 0. The highest BCUT2D eigenvalue weighted by molar-refractivity contribution is 6.35. The van der Waals surface area contributed by atoms with Crippen LogP contribution in [0.4, 0.5) is 10.2 Å². The van der Waals surface area contributed by atoms with E-state index in [1.54, 1.807) is 24.5 Å². The molecule has 124 valence electrons. The summed E-state index contributed by atoms with van der Waals surface area (Å²) in [5.41, 5.74) is 1.70. The lowest BCUT2D eigenvalue weighted by Gasteiger charge is -2.17. The lowest BCUT2D eigenvalue weighted by molar-refractivity contribution is 0.269. The molecule has 0 saturated carbocycles. The standard InChI is InChI=1S/C18H17ClFN3O/c19-16-10-14(20)9-13-2-4-17(23-18(13)16)22-15(11-24)3-1-12-5-7-21-8-6-12/h2,4-10,15,24H,1,3,11H2,(H,22,23). The Hall–Kier alpha value is -2.24. The van der Waals surface area contributed by atoms with Crippen molar-refractivity contribution in [1.29, 1.82) is 0 Å². The molecule has 3 aromatic rings. The topological polar surface area (TPSA) is 58.0 Å². The highest BCUT2D eigenvalue weighted by Crippen LogP contribution is 2.25. The maximum absolute atomic E-state index is 13.4. The number of aliphatic hydroxyl groups is 1. The zero-order chi connectivity index (χ0) is 16.9. The molecule has 0 bridgehead atoms. The second-order valence-corrected chi connectivity index (χ2v) is 5.98. The molecule has 0 aliphatic heterocycles. The van der Waals surface area contributed by atoms with Gasteiger partial charge in [-0.2, -0.15) is 0 Å². The van der Waals surface area contributed by atoms with Crippen molar-refractivity contribution >= 4 is 28.3 Å². The quantitative estimate of drug-likeness (QED) is 0.713. The molecular weight excluding hydrogens is 329 g/mol. The number of rotatable bonds is 6. The molecule has 1 unspecified atom stereocenters. The summed E-state index contributed by atoms with van der Waals surface area (Å²) in [5.74, 6) is 0.213. The first-order chi connectivity index (χ1) is 11.7. The number of pyridine rings is 2. The number of aryl methyl sites for hydroxylation is 1. The number of hydrogen-bond acceptors (Lipinski definition) is 4. The van der Waals surface area contributed by atoms with Crippen molar-refractivity contribution in [3.05, 3.63) is 65.2 Å². The maximum Gasteiger partial charge on any atom is 0.127 e. The number of aromatic nitrogens is 2. The van der Waals surface area contributed by atoms with Gasteiger partial charge in [0.1, 0.15) is 11.6 Å². The summed E-state index contributed by atoms with van der Waals surface area (Å²) in [4.78, 5) is 8.42. The third-order valence-corrected chi connectivity index (χ3v) is 4.10. The Labute approximate surface area is 144 Å². The van der Waals surface area contributed by atoms with Crippen molar-refractivity contribution in [2.75, 3.05) is 11.9 Å². The molecule has 0 radical (unpaired) electrons. The predicted molar refractivity (Wildman–Crippen MR) is 93.8 cm³/mol. The van der Waals surface area contributed by atoms with Crippen molar-refractivity contribution in [3.63, 3.8) is 0 Å². The predicted octanol–water partition coefficient (Wildman–Crippen LogP) is 3.83. The van der Waals surface area contributed by atoms with E-state index in [-0.39, 0.29) is 23.5 Å². The fourth-order valence-electron chi connectivity index (χ4n) is 2.55. The second kappa shape index (κ2) is 7.55. The number of aliphatic hydroxyl groups excluding tert-OH is 1. The molecule has 0 aliphatic carbocycles. The minimum Gasteiger partial charge on any atom is -0.394 e. The Morgan fingerprint density at radius 2 is 1.96 bits per heavy atom. The van der Waals surface area contributed by atoms with Crippen molar-refractivity contribution in [2.45, 2.75) is 18.9 Å². The van der Waals surface area contributed by atoms with Crippen molar-refractivity contribution in [1.82, 2.24) is 9.97 Å². The van der Waals surface area contributed by atoms with E-state index in [1.807, 2.05) is 12.1 Å². The van der Waals surface area contributed by atoms with E-state index in [9.17, 15) is 9.50 Å². The van der Waals surface area contributed by atoms with Gasteiger partial charge in [0, 0.05) is 17.8 Å². The van der Waals surface area contributed by atoms with Crippen LogP contribution in [0.3, 0.4) is 0 Å². The molecule has 0 amide bonds. The van der Waals surface area contributed by atoms with Crippen LogP contribution in [0, 0.1) is 5.82 Å². The Bertz CT molecular complexity index is 829. The SMILES string of the molecule is OCC(CCc1ccncc1)Nc1ccc2cc(F)cc(Cl)c2n1. The smallest absolute Gasteiger partial charge is 0.127 e. The van der Waals surface area contributed by atoms with E-state index in [2.05, 4.69) is 15.3 Å². The minimum atomic E-state index is -0.388. The van der Waals surface area contributed by atoms with Gasteiger partial charge in [0.2, 0.25) is 0 Å². The van der Waals surface area contributed by atoms with E-state index in [0.29, 0.717) is 16.7 Å². The Morgan fingerprint density at radius 1 is 1.17 bits per heavy atom. The highest BCUT2D eigenvalue weighted by Gasteiger charge is 2.10. The normalized spacial score (nSPS) is 12.3. The van der Waals surface area contributed by atoms with Crippen LogP contribution in [-0.4, -0.2) is 27.7 Å². The van der Waals surface area contributed by atoms with Gasteiger partial charge in [-0.1, -0.05) is 11.6 Å². The summed E-state index contributed by atoms with van der Waals surface area (Å²) in [5, 5.41) is 13.7. The summed E-state index contributed by atoms with van der Waals surface area (Å²) in [6, 6.07) is 9.93. The molecule has 2 N–H and O–H groups in total. The van der Waals surface area contributed by atoms with Crippen molar-refractivity contribution < 1.29 is 9.50 Å². The molecule has 3 rings (SSSR count). The third kappa shape index (κ3) is 3.99. The fraction of sp³-hybridized carbons (Fsp3) is 0.222. The average molecular weight is 346 g/mol. The van der Waals surface area contributed by atoms with Crippen LogP contribution in [0.25, 0.3) is 10.9 Å². The van der Waals surface area contributed by atoms with Gasteiger partial charge < -0.3 is 10.4 Å². The highest BCUT2D eigenvalue weighted by atomic mass is 35.5.